The SMILES string of the molecule is CCn1ncnc1CC(=O)C1CCC(C(C)(C)C)CC1. The summed E-state index contributed by atoms with van der Waals surface area (Å²) < 4.78 is 1.82. The molecule has 0 saturated heterocycles. The predicted octanol–water partition coefficient (Wildman–Crippen LogP) is 3.26. The summed E-state index contributed by atoms with van der Waals surface area (Å²) in [5.74, 6) is 2.15. The molecule has 0 radical (unpaired) electrons. The number of carbonyl (C=O) groups excluding carboxylic acids is 1. The van der Waals surface area contributed by atoms with Crippen molar-refractivity contribution in [2.45, 2.75) is 66.3 Å². The van der Waals surface area contributed by atoms with Gasteiger partial charge >= 0.3 is 0 Å². The maximum Gasteiger partial charge on any atom is 0.143 e. The van der Waals surface area contributed by atoms with Crippen LogP contribution < -0.4 is 0 Å². The van der Waals surface area contributed by atoms with Crippen molar-refractivity contribution in [1.82, 2.24) is 14.8 Å². The second-order valence-electron chi connectivity index (χ2n) is 7.05. The van der Waals surface area contributed by atoms with E-state index in [1.165, 1.54) is 12.8 Å². The summed E-state index contributed by atoms with van der Waals surface area (Å²) in [6.45, 7) is 9.73. The number of nitrogens with zero attached hydrogens (tertiary/aromatic N) is 3. The zero-order valence-corrected chi connectivity index (χ0v) is 13.2. The highest BCUT2D eigenvalue weighted by Crippen LogP contribution is 2.40. The Labute approximate surface area is 122 Å². The lowest BCUT2D eigenvalue weighted by atomic mass is 9.69. The third kappa shape index (κ3) is 3.47. The smallest absolute Gasteiger partial charge is 0.143 e. The molecule has 4 heteroatoms. The first kappa shape index (κ1) is 15.2. The van der Waals surface area contributed by atoms with E-state index in [1.807, 2.05) is 11.6 Å². The first-order valence-corrected chi connectivity index (χ1v) is 7.81. The van der Waals surface area contributed by atoms with Gasteiger partial charge in [0.1, 0.15) is 17.9 Å². The van der Waals surface area contributed by atoms with Crippen LogP contribution >= 0.6 is 0 Å². The Morgan fingerprint density at radius 3 is 2.50 bits per heavy atom. The summed E-state index contributed by atoms with van der Waals surface area (Å²) in [5.41, 5.74) is 0.371. The predicted molar refractivity (Wildman–Crippen MR) is 79.3 cm³/mol. The van der Waals surface area contributed by atoms with Crippen molar-refractivity contribution in [3.63, 3.8) is 0 Å². The highest BCUT2D eigenvalue weighted by atomic mass is 16.1. The molecule has 1 aromatic rings. The Balaban J connectivity index is 1.89. The number of hydrogen-bond acceptors (Lipinski definition) is 3. The van der Waals surface area contributed by atoms with Gasteiger partial charge in [0.2, 0.25) is 0 Å². The molecule has 4 nitrogen and oxygen atoms in total. The topological polar surface area (TPSA) is 47.8 Å². The van der Waals surface area contributed by atoms with Gasteiger partial charge in [-0.15, -0.1) is 0 Å². The Morgan fingerprint density at radius 2 is 1.95 bits per heavy atom. The molecular weight excluding hydrogens is 250 g/mol. The van der Waals surface area contributed by atoms with E-state index in [2.05, 4.69) is 30.9 Å². The number of hydrogen-bond donors (Lipinski definition) is 0. The number of aromatic nitrogens is 3. The van der Waals surface area contributed by atoms with Gasteiger partial charge in [-0.1, -0.05) is 20.8 Å². The van der Waals surface area contributed by atoms with Crippen LogP contribution in [-0.2, 0) is 17.8 Å². The minimum absolute atomic E-state index is 0.232. The van der Waals surface area contributed by atoms with E-state index in [1.54, 1.807) is 6.33 Å². The van der Waals surface area contributed by atoms with Crippen LogP contribution in [0, 0.1) is 17.3 Å². The fourth-order valence-corrected chi connectivity index (χ4v) is 3.27. The van der Waals surface area contributed by atoms with Gasteiger partial charge in [-0.3, -0.25) is 4.79 Å². The average molecular weight is 277 g/mol. The summed E-state index contributed by atoms with van der Waals surface area (Å²) >= 11 is 0. The second kappa shape index (κ2) is 6.06. The van der Waals surface area contributed by atoms with E-state index in [0.29, 0.717) is 17.6 Å². The molecule has 1 saturated carbocycles. The van der Waals surface area contributed by atoms with Gasteiger partial charge in [0, 0.05) is 12.5 Å². The first-order chi connectivity index (χ1) is 9.41. The summed E-state index contributed by atoms with van der Waals surface area (Å²) in [6, 6.07) is 0. The van der Waals surface area contributed by atoms with E-state index in [9.17, 15) is 4.79 Å². The lowest BCUT2D eigenvalue weighted by molar-refractivity contribution is -0.123. The second-order valence-corrected chi connectivity index (χ2v) is 7.05. The molecule has 112 valence electrons. The summed E-state index contributed by atoms with van der Waals surface area (Å²) in [4.78, 5) is 16.6. The number of rotatable bonds is 4. The Bertz CT molecular complexity index is 451. The maximum absolute atomic E-state index is 12.4. The largest absolute Gasteiger partial charge is 0.299 e. The van der Waals surface area contributed by atoms with Crippen LogP contribution in [-0.4, -0.2) is 20.5 Å². The molecule has 1 aliphatic rings. The fraction of sp³-hybridized carbons (Fsp3) is 0.812. The quantitative estimate of drug-likeness (QED) is 0.848. The Morgan fingerprint density at radius 1 is 1.30 bits per heavy atom. The molecule has 1 fully saturated rings. The van der Waals surface area contributed by atoms with Crippen molar-refractivity contribution in [3.8, 4) is 0 Å². The molecule has 0 amide bonds. The molecule has 2 rings (SSSR count). The van der Waals surface area contributed by atoms with Crippen LogP contribution in [0.1, 0.15) is 59.2 Å². The first-order valence-electron chi connectivity index (χ1n) is 7.81. The number of carbonyl (C=O) groups is 1. The van der Waals surface area contributed by atoms with Crippen molar-refractivity contribution in [1.29, 1.82) is 0 Å². The highest BCUT2D eigenvalue weighted by molar-refractivity contribution is 5.82. The summed E-state index contributed by atoms with van der Waals surface area (Å²) in [7, 11) is 0. The Hall–Kier alpha value is -1.19. The Kier molecular flexibility index (Phi) is 4.61. The molecule has 1 heterocycles. The molecule has 0 atom stereocenters. The molecule has 1 aliphatic carbocycles. The lowest BCUT2D eigenvalue weighted by Crippen LogP contribution is -2.29. The van der Waals surface area contributed by atoms with Crippen LogP contribution in [0.4, 0.5) is 0 Å². The van der Waals surface area contributed by atoms with Gasteiger partial charge < -0.3 is 0 Å². The monoisotopic (exact) mass is 277 g/mol. The zero-order chi connectivity index (χ0) is 14.8. The van der Waals surface area contributed by atoms with Gasteiger partial charge in [0.15, 0.2) is 0 Å². The van der Waals surface area contributed by atoms with Crippen LogP contribution in [0.15, 0.2) is 6.33 Å². The normalized spacial score (nSPS) is 23.8. The van der Waals surface area contributed by atoms with Crippen LogP contribution in [0.25, 0.3) is 0 Å². The summed E-state index contributed by atoms with van der Waals surface area (Å²) in [6.07, 6.45) is 6.43. The van der Waals surface area contributed by atoms with Crippen LogP contribution in [0.2, 0.25) is 0 Å². The third-order valence-electron chi connectivity index (χ3n) is 4.73. The minimum atomic E-state index is 0.232. The highest BCUT2D eigenvalue weighted by Gasteiger charge is 2.32. The molecule has 0 aliphatic heterocycles. The molecule has 0 N–H and O–H groups in total. The molecular formula is C16H27N3O. The van der Waals surface area contributed by atoms with Gasteiger partial charge in [0.05, 0.1) is 6.42 Å². The fourth-order valence-electron chi connectivity index (χ4n) is 3.27. The molecule has 1 aromatic heterocycles. The standard InChI is InChI=1S/C16H27N3O/c1-5-19-15(17-11-18-19)10-14(20)12-6-8-13(9-7-12)16(2,3)4/h11-13H,5-10H2,1-4H3. The van der Waals surface area contributed by atoms with Gasteiger partial charge in [-0.25, -0.2) is 9.67 Å². The molecule has 20 heavy (non-hydrogen) atoms. The molecule has 0 aromatic carbocycles. The van der Waals surface area contributed by atoms with Crippen molar-refractivity contribution < 1.29 is 4.79 Å². The summed E-state index contributed by atoms with van der Waals surface area (Å²) in [5, 5.41) is 4.13. The average Bonchev–Trinajstić information content (AvgIpc) is 2.85. The van der Waals surface area contributed by atoms with Crippen molar-refractivity contribution in [2.75, 3.05) is 0 Å². The minimum Gasteiger partial charge on any atom is -0.299 e. The van der Waals surface area contributed by atoms with Crippen LogP contribution in [0.3, 0.4) is 0 Å². The molecule has 0 spiro atoms. The van der Waals surface area contributed by atoms with Gasteiger partial charge in [-0.05, 0) is 43.9 Å². The maximum atomic E-state index is 12.4. The zero-order valence-electron chi connectivity index (χ0n) is 13.2. The number of aryl methyl sites for hydroxylation is 1. The number of ketones is 1. The molecule has 0 bridgehead atoms. The van der Waals surface area contributed by atoms with Crippen molar-refractivity contribution in [2.24, 2.45) is 17.3 Å². The lowest BCUT2D eigenvalue weighted by Gasteiger charge is -2.36. The van der Waals surface area contributed by atoms with E-state index < -0.39 is 0 Å². The van der Waals surface area contributed by atoms with E-state index in [-0.39, 0.29) is 5.92 Å². The van der Waals surface area contributed by atoms with Gasteiger partial charge in [-0.2, -0.15) is 5.10 Å². The van der Waals surface area contributed by atoms with Gasteiger partial charge in [0.25, 0.3) is 0 Å². The van der Waals surface area contributed by atoms with Crippen molar-refractivity contribution in [3.05, 3.63) is 12.2 Å². The third-order valence-corrected chi connectivity index (χ3v) is 4.73. The number of Topliss-reactive ketones (excluding diaryl/α,β-unsaturated/α-hetero) is 1. The van der Waals surface area contributed by atoms with E-state index in [4.69, 9.17) is 0 Å². The molecule has 0 unspecified atom stereocenters. The van der Waals surface area contributed by atoms with E-state index in [0.717, 1.165) is 31.1 Å². The van der Waals surface area contributed by atoms with E-state index >= 15 is 0 Å². The van der Waals surface area contributed by atoms with Crippen LogP contribution in [0.5, 0.6) is 0 Å². The van der Waals surface area contributed by atoms with Crippen molar-refractivity contribution >= 4 is 5.78 Å².